The highest BCUT2D eigenvalue weighted by Gasteiger charge is 2.17. The van der Waals surface area contributed by atoms with Gasteiger partial charge in [0.15, 0.2) is 0 Å². The zero-order chi connectivity index (χ0) is 13.9. The van der Waals surface area contributed by atoms with Crippen molar-refractivity contribution in [2.24, 2.45) is 17.6 Å². The average Bonchev–Trinajstić information content (AvgIpc) is 2.25. The Balaban J connectivity index is 3.01. The zero-order valence-electron chi connectivity index (χ0n) is 12.9. The van der Waals surface area contributed by atoms with Gasteiger partial charge in [0, 0.05) is 0 Å². The van der Waals surface area contributed by atoms with Crippen molar-refractivity contribution in [3.8, 4) is 0 Å². The van der Waals surface area contributed by atoms with E-state index in [1.54, 1.807) is 0 Å². The second kappa shape index (κ2) is 5.88. The van der Waals surface area contributed by atoms with Gasteiger partial charge in [-0.15, -0.1) is 0 Å². The normalized spacial score (nSPS) is 14.0. The third kappa shape index (κ3) is 3.84. The van der Waals surface area contributed by atoms with Crippen molar-refractivity contribution < 1.29 is 0 Å². The van der Waals surface area contributed by atoms with Crippen LogP contribution in [0, 0.1) is 18.8 Å². The largest absolute Gasteiger partial charge is 0.330 e. The molecule has 1 nitrogen and oxygen atoms in total. The molecule has 1 atom stereocenters. The van der Waals surface area contributed by atoms with Gasteiger partial charge in [-0.3, -0.25) is 0 Å². The summed E-state index contributed by atoms with van der Waals surface area (Å²) in [5, 5.41) is 0. The molecule has 0 radical (unpaired) electrons. The summed E-state index contributed by atoms with van der Waals surface area (Å²) in [6.07, 6.45) is 1.10. The molecule has 1 heteroatoms. The Morgan fingerprint density at radius 2 is 1.78 bits per heavy atom. The molecule has 0 spiro atoms. The lowest BCUT2D eigenvalue weighted by molar-refractivity contribution is 0.391. The van der Waals surface area contributed by atoms with Gasteiger partial charge >= 0.3 is 0 Å². The minimum Gasteiger partial charge on any atom is -0.330 e. The second-order valence-corrected chi connectivity index (χ2v) is 6.84. The number of aryl methyl sites for hydroxylation is 1. The van der Waals surface area contributed by atoms with Gasteiger partial charge in [0.05, 0.1) is 0 Å². The number of nitrogens with two attached hydrogens (primary N) is 1. The number of rotatable bonds is 4. The van der Waals surface area contributed by atoms with Crippen molar-refractivity contribution in [3.63, 3.8) is 0 Å². The molecule has 0 fully saturated rings. The molecule has 0 aliphatic rings. The molecule has 0 saturated heterocycles. The van der Waals surface area contributed by atoms with Crippen LogP contribution in [0.2, 0.25) is 0 Å². The van der Waals surface area contributed by atoms with Gasteiger partial charge in [0.2, 0.25) is 0 Å². The van der Waals surface area contributed by atoms with Gasteiger partial charge in [-0.2, -0.15) is 0 Å². The van der Waals surface area contributed by atoms with Gasteiger partial charge in [-0.25, -0.2) is 0 Å². The molecule has 0 amide bonds. The maximum absolute atomic E-state index is 5.90. The minimum absolute atomic E-state index is 0.221. The highest BCUT2D eigenvalue weighted by Crippen LogP contribution is 2.26. The first kappa shape index (κ1) is 15.2. The van der Waals surface area contributed by atoms with Crippen LogP contribution in [0.15, 0.2) is 18.2 Å². The van der Waals surface area contributed by atoms with E-state index in [0.717, 1.165) is 13.0 Å². The predicted octanol–water partition coefficient (Wildman–Crippen LogP) is 4.07. The quantitative estimate of drug-likeness (QED) is 0.853. The molecule has 0 aliphatic heterocycles. The number of hydrogen-bond acceptors (Lipinski definition) is 1. The Labute approximate surface area is 113 Å². The molecule has 0 heterocycles. The summed E-state index contributed by atoms with van der Waals surface area (Å²) in [5.74, 6) is 1.23. The van der Waals surface area contributed by atoms with Crippen LogP contribution in [0.3, 0.4) is 0 Å². The smallest absolute Gasteiger partial charge is 0.00432 e. The average molecular weight is 247 g/mol. The number of hydrogen-bond donors (Lipinski definition) is 1. The van der Waals surface area contributed by atoms with Crippen LogP contribution in [0.4, 0.5) is 0 Å². The number of benzene rings is 1. The van der Waals surface area contributed by atoms with E-state index in [2.05, 4.69) is 59.7 Å². The fraction of sp³-hybridized carbons (Fsp3) is 0.647. The Hall–Kier alpha value is -0.820. The molecule has 1 rings (SSSR count). The monoisotopic (exact) mass is 247 g/mol. The summed E-state index contributed by atoms with van der Waals surface area (Å²) in [6.45, 7) is 14.3. The van der Waals surface area contributed by atoms with Crippen molar-refractivity contribution in [1.29, 1.82) is 0 Å². The van der Waals surface area contributed by atoms with Crippen molar-refractivity contribution in [1.82, 2.24) is 0 Å². The van der Waals surface area contributed by atoms with Crippen LogP contribution in [-0.2, 0) is 11.8 Å². The van der Waals surface area contributed by atoms with E-state index in [-0.39, 0.29) is 5.41 Å². The highest BCUT2D eigenvalue weighted by molar-refractivity contribution is 5.34. The fourth-order valence-electron chi connectivity index (χ4n) is 2.23. The predicted molar refractivity (Wildman–Crippen MR) is 81.0 cm³/mol. The molecule has 1 unspecified atom stereocenters. The molecule has 102 valence electrons. The molecule has 0 aromatic heterocycles. The fourth-order valence-corrected chi connectivity index (χ4v) is 2.23. The van der Waals surface area contributed by atoms with E-state index in [4.69, 9.17) is 5.73 Å². The maximum atomic E-state index is 5.90. The minimum atomic E-state index is 0.221. The summed E-state index contributed by atoms with van der Waals surface area (Å²) < 4.78 is 0. The van der Waals surface area contributed by atoms with E-state index in [9.17, 15) is 0 Å². The third-order valence-electron chi connectivity index (χ3n) is 3.94. The lowest BCUT2D eigenvalue weighted by Crippen LogP contribution is -2.23. The summed E-state index contributed by atoms with van der Waals surface area (Å²) in [5.41, 5.74) is 10.4. The summed E-state index contributed by atoms with van der Waals surface area (Å²) in [7, 11) is 0. The second-order valence-electron chi connectivity index (χ2n) is 6.84. The molecule has 1 aromatic rings. The topological polar surface area (TPSA) is 26.0 Å². The molecule has 0 aliphatic carbocycles. The van der Waals surface area contributed by atoms with Gasteiger partial charge in [-0.05, 0) is 53.8 Å². The first-order valence-corrected chi connectivity index (χ1v) is 7.05. The first-order chi connectivity index (χ1) is 8.25. The van der Waals surface area contributed by atoms with Gasteiger partial charge in [0.25, 0.3) is 0 Å². The molecule has 1 aromatic carbocycles. The van der Waals surface area contributed by atoms with Crippen LogP contribution in [0.1, 0.15) is 51.3 Å². The summed E-state index contributed by atoms with van der Waals surface area (Å²) >= 11 is 0. The SMILES string of the molecule is Cc1ccc(C(C)(C)C)cc1CC(CN)C(C)C. The van der Waals surface area contributed by atoms with Crippen LogP contribution < -0.4 is 5.73 Å². The maximum Gasteiger partial charge on any atom is -0.00432 e. The van der Waals surface area contributed by atoms with Crippen molar-refractivity contribution in [2.45, 2.75) is 53.4 Å². The Morgan fingerprint density at radius 3 is 2.22 bits per heavy atom. The van der Waals surface area contributed by atoms with E-state index < -0.39 is 0 Å². The van der Waals surface area contributed by atoms with Crippen LogP contribution in [0.25, 0.3) is 0 Å². The Morgan fingerprint density at radius 1 is 1.17 bits per heavy atom. The molecule has 0 bridgehead atoms. The van der Waals surface area contributed by atoms with E-state index in [1.807, 2.05) is 0 Å². The lowest BCUT2D eigenvalue weighted by atomic mass is 9.82. The highest BCUT2D eigenvalue weighted by atomic mass is 14.5. The van der Waals surface area contributed by atoms with E-state index >= 15 is 0 Å². The Bertz CT molecular complexity index is 385. The van der Waals surface area contributed by atoms with Crippen LogP contribution in [-0.4, -0.2) is 6.54 Å². The first-order valence-electron chi connectivity index (χ1n) is 7.05. The van der Waals surface area contributed by atoms with Gasteiger partial charge in [0.1, 0.15) is 0 Å². The molecule has 18 heavy (non-hydrogen) atoms. The van der Waals surface area contributed by atoms with E-state index in [0.29, 0.717) is 11.8 Å². The standard InChI is InChI=1S/C17H29N/c1-12(2)15(11-18)9-14-10-16(17(4,5)6)8-7-13(14)3/h7-8,10,12,15H,9,11,18H2,1-6H3. The lowest BCUT2D eigenvalue weighted by Gasteiger charge is -2.24. The zero-order valence-corrected chi connectivity index (χ0v) is 12.9. The summed E-state index contributed by atoms with van der Waals surface area (Å²) in [6, 6.07) is 6.88. The Kier molecular flexibility index (Phi) is 4.98. The third-order valence-corrected chi connectivity index (χ3v) is 3.94. The van der Waals surface area contributed by atoms with Gasteiger partial charge in [-0.1, -0.05) is 52.8 Å². The van der Waals surface area contributed by atoms with Crippen molar-refractivity contribution in [3.05, 3.63) is 34.9 Å². The van der Waals surface area contributed by atoms with Gasteiger partial charge < -0.3 is 5.73 Å². The molecular weight excluding hydrogens is 218 g/mol. The van der Waals surface area contributed by atoms with Crippen molar-refractivity contribution in [2.75, 3.05) is 6.54 Å². The van der Waals surface area contributed by atoms with Crippen LogP contribution in [0.5, 0.6) is 0 Å². The molecule has 0 saturated carbocycles. The summed E-state index contributed by atoms with van der Waals surface area (Å²) in [4.78, 5) is 0. The molecular formula is C17H29N. The van der Waals surface area contributed by atoms with E-state index in [1.165, 1.54) is 16.7 Å². The van der Waals surface area contributed by atoms with Crippen molar-refractivity contribution >= 4 is 0 Å². The van der Waals surface area contributed by atoms with Crippen LogP contribution >= 0.6 is 0 Å². The molecule has 2 N–H and O–H groups in total.